The Bertz CT molecular complexity index is 1120. The lowest BCUT2D eigenvalue weighted by Crippen LogP contribution is -2.25. The van der Waals surface area contributed by atoms with Crippen molar-refractivity contribution in [2.75, 3.05) is 38.5 Å². The van der Waals surface area contributed by atoms with Gasteiger partial charge in [-0.05, 0) is 38.3 Å². The zero-order valence-electron chi connectivity index (χ0n) is 20.7. The van der Waals surface area contributed by atoms with Crippen LogP contribution in [0.2, 0.25) is 0 Å². The lowest BCUT2D eigenvalue weighted by atomic mass is 10.1. The normalized spacial score (nSPS) is 18.1. The van der Waals surface area contributed by atoms with Crippen molar-refractivity contribution in [1.29, 1.82) is 0 Å². The summed E-state index contributed by atoms with van der Waals surface area (Å²) in [6.07, 6.45) is 5.31. The standard InChI is InChI=1S/C24H32N4O7S/c1-4-34-18-8-9-19(14-18)35-28-23(24(29)27-21-15-26-22(33-3)16-25-21)17-6-10-20(11-7-17)36(30,31)13-5-12-32-2/h6-7,10-11,15-16,18-19H,4-5,8-9,12-14H2,1-3H3,(H,25,27,29)/b28-23+/t18-,19-/m1/s1. The van der Waals surface area contributed by atoms with Crippen molar-refractivity contribution in [2.45, 2.75) is 49.7 Å². The zero-order valence-corrected chi connectivity index (χ0v) is 21.5. The largest absolute Gasteiger partial charge is 0.480 e. The van der Waals surface area contributed by atoms with Gasteiger partial charge in [-0.1, -0.05) is 17.3 Å². The first-order valence-electron chi connectivity index (χ1n) is 11.7. The van der Waals surface area contributed by atoms with Crippen LogP contribution in [0.3, 0.4) is 0 Å². The van der Waals surface area contributed by atoms with Gasteiger partial charge in [-0.25, -0.2) is 18.4 Å². The molecule has 2 aromatic rings. The average molecular weight is 521 g/mol. The van der Waals surface area contributed by atoms with E-state index in [0.29, 0.717) is 37.5 Å². The number of carbonyl (C=O) groups excluding carboxylic acids is 1. The van der Waals surface area contributed by atoms with Crippen LogP contribution in [0.15, 0.2) is 46.7 Å². The molecule has 11 nitrogen and oxygen atoms in total. The summed E-state index contributed by atoms with van der Waals surface area (Å²) in [6.45, 7) is 2.92. The van der Waals surface area contributed by atoms with Gasteiger partial charge in [0.1, 0.15) is 6.10 Å². The lowest BCUT2D eigenvalue weighted by Gasteiger charge is -2.12. The topological polar surface area (TPSA) is 138 Å². The van der Waals surface area contributed by atoms with E-state index < -0.39 is 15.7 Å². The van der Waals surface area contributed by atoms with Crippen LogP contribution in [0.5, 0.6) is 5.88 Å². The highest BCUT2D eigenvalue weighted by molar-refractivity contribution is 7.91. The SMILES string of the molecule is CCO[C@@H]1CC[C@@H](O/N=C(/C(=O)Nc2cnc(OC)cn2)c2ccc(S(=O)(=O)CCCOC)cc2)C1. The van der Waals surface area contributed by atoms with Crippen molar-refractivity contribution in [3.8, 4) is 5.88 Å². The Kier molecular flexibility index (Phi) is 10.1. The van der Waals surface area contributed by atoms with Crippen LogP contribution < -0.4 is 10.1 Å². The summed E-state index contributed by atoms with van der Waals surface area (Å²) in [5, 5.41) is 6.80. The van der Waals surface area contributed by atoms with Crippen LogP contribution in [-0.4, -0.2) is 75.4 Å². The molecule has 0 bridgehead atoms. The van der Waals surface area contributed by atoms with E-state index in [2.05, 4.69) is 20.4 Å². The maximum atomic E-state index is 13.1. The Morgan fingerprint density at radius 2 is 1.86 bits per heavy atom. The fourth-order valence-electron chi connectivity index (χ4n) is 3.73. The zero-order chi connectivity index (χ0) is 26.0. The third kappa shape index (κ3) is 7.70. The molecule has 0 unspecified atom stereocenters. The van der Waals surface area contributed by atoms with Crippen LogP contribution in [0.4, 0.5) is 5.82 Å². The summed E-state index contributed by atoms with van der Waals surface area (Å²) >= 11 is 0. The van der Waals surface area contributed by atoms with Crippen molar-refractivity contribution in [2.24, 2.45) is 5.16 Å². The molecule has 12 heteroatoms. The third-order valence-electron chi connectivity index (χ3n) is 5.57. The lowest BCUT2D eigenvalue weighted by molar-refractivity contribution is -0.110. The summed E-state index contributed by atoms with van der Waals surface area (Å²) in [5.41, 5.74) is 0.375. The molecule has 1 amide bonds. The monoisotopic (exact) mass is 520 g/mol. The average Bonchev–Trinajstić information content (AvgIpc) is 3.32. The smallest absolute Gasteiger partial charge is 0.279 e. The van der Waals surface area contributed by atoms with Gasteiger partial charge in [0, 0.05) is 32.3 Å². The molecule has 1 saturated carbocycles. The molecule has 1 aromatic heterocycles. The van der Waals surface area contributed by atoms with Crippen LogP contribution in [-0.2, 0) is 28.9 Å². The van der Waals surface area contributed by atoms with Gasteiger partial charge in [0.2, 0.25) is 5.88 Å². The highest BCUT2D eigenvalue weighted by Gasteiger charge is 2.27. The van der Waals surface area contributed by atoms with Gasteiger partial charge in [0.15, 0.2) is 21.4 Å². The summed E-state index contributed by atoms with van der Waals surface area (Å²) < 4.78 is 40.7. The predicted molar refractivity (Wildman–Crippen MR) is 133 cm³/mol. The van der Waals surface area contributed by atoms with Gasteiger partial charge in [-0.15, -0.1) is 0 Å². The minimum atomic E-state index is -3.48. The summed E-state index contributed by atoms with van der Waals surface area (Å²) in [5.74, 6) is -0.117. The number of hydrogen-bond acceptors (Lipinski definition) is 10. The molecule has 196 valence electrons. The van der Waals surface area contributed by atoms with Gasteiger partial charge in [-0.3, -0.25) is 4.79 Å². The van der Waals surface area contributed by atoms with E-state index >= 15 is 0 Å². The summed E-state index contributed by atoms with van der Waals surface area (Å²) in [6, 6.07) is 5.97. The maximum absolute atomic E-state index is 13.1. The van der Waals surface area contributed by atoms with Crippen molar-refractivity contribution in [3.05, 3.63) is 42.2 Å². The van der Waals surface area contributed by atoms with Crippen LogP contribution >= 0.6 is 0 Å². The molecule has 0 radical (unpaired) electrons. The molecule has 1 aromatic carbocycles. The fraction of sp³-hybridized carbons (Fsp3) is 0.500. The molecule has 0 saturated heterocycles. The molecule has 1 aliphatic carbocycles. The van der Waals surface area contributed by atoms with Gasteiger partial charge >= 0.3 is 0 Å². The Balaban J connectivity index is 1.80. The Morgan fingerprint density at radius 3 is 2.50 bits per heavy atom. The fourth-order valence-corrected chi connectivity index (χ4v) is 5.01. The first-order chi connectivity index (χ1) is 17.4. The van der Waals surface area contributed by atoms with Crippen molar-refractivity contribution in [1.82, 2.24) is 9.97 Å². The quantitative estimate of drug-likeness (QED) is 0.240. The number of methoxy groups -OCH3 is 2. The van der Waals surface area contributed by atoms with Crippen LogP contribution in [0, 0.1) is 0 Å². The van der Waals surface area contributed by atoms with Gasteiger partial charge in [-0.2, -0.15) is 0 Å². The first kappa shape index (κ1) is 27.5. The Hall–Kier alpha value is -3.09. The minimum Gasteiger partial charge on any atom is -0.480 e. The van der Waals surface area contributed by atoms with E-state index in [9.17, 15) is 13.2 Å². The summed E-state index contributed by atoms with van der Waals surface area (Å²) in [7, 11) is -0.497. The molecule has 0 spiro atoms. The van der Waals surface area contributed by atoms with E-state index in [1.807, 2.05) is 6.92 Å². The number of benzene rings is 1. The number of nitrogens with one attached hydrogen (secondary N) is 1. The number of anilines is 1. The molecule has 1 N–H and O–H groups in total. The van der Waals surface area contributed by atoms with E-state index in [1.54, 1.807) is 0 Å². The molecular formula is C24H32N4O7S. The number of oxime groups is 1. The second-order valence-electron chi connectivity index (χ2n) is 8.15. The van der Waals surface area contributed by atoms with Gasteiger partial charge in [0.05, 0.1) is 36.3 Å². The molecule has 1 heterocycles. The number of amides is 1. The molecule has 3 rings (SSSR count). The molecule has 36 heavy (non-hydrogen) atoms. The van der Waals surface area contributed by atoms with E-state index in [1.165, 1.54) is 50.9 Å². The molecule has 1 aliphatic rings. The van der Waals surface area contributed by atoms with Gasteiger partial charge < -0.3 is 24.4 Å². The highest BCUT2D eigenvalue weighted by Crippen LogP contribution is 2.25. The second kappa shape index (κ2) is 13.3. The number of nitrogens with zero attached hydrogens (tertiary/aromatic N) is 3. The highest BCUT2D eigenvalue weighted by atomic mass is 32.2. The minimum absolute atomic E-state index is 0.0178. The van der Waals surface area contributed by atoms with Crippen molar-refractivity contribution >= 4 is 27.3 Å². The van der Waals surface area contributed by atoms with Crippen molar-refractivity contribution in [3.63, 3.8) is 0 Å². The number of sulfone groups is 1. The maximum Gasteiger partial charge on any atom is 0.279 e. The molecule has 1 fully saturated rings. The first-order valence-corrected chi connectivity index (χ1v) is 13.4. The predicted octanol–water partition coefficient (Wildman–Crippen LogP) is 2.61. The third-order valence-corrected chi connectivity index (χ3v) is 7.39. The van der Waals surface area contributed by atoms with Crippen LogP contribution in [0.1, 0.15) is 38.2 Å². The Labute approximate surface area is 211 Å². The Morgan fingerprint density at radius 1 is 1.11 bits per heavy atom. The molecule has 2 atom stereocenters. The number of hydrogen-bond donors (Lipinski definition) is 1. The van der Waals surface area contributed by atoms with E-state index in [0.717, 1.165) is 12.8 Å². The number of rotatable bonds is 13. The molecular weight excluding hydrogens is 488 g/mol. The van der Waals surface area contributed by atoms with Gasteiger partial charge in [0.25, 0.3) is 5.91 Å². The van der Waals surface area contributed by atoms with Crippen LogP contribution in [0.25, 0.3) is 0 Å². The number of carbonyl (C=O) groups is 1. The van der Waals surface area contributed by atoms with Crippen molar-refractivity contribution < 1.29 is 32.3 Å². The summed E-state index contributed by atoms with van der Waals surface area (Å²) in [4.78, 5) is 27.1. The van der Waals surface area contributed by atoms with E-state index in [-0.39, 0.29) is 34.4 Å². The number of aromatic nitrogens is 2. The second-order valence-corrected chi connectivity index (χ2v) is 10.3. The van der Waals surface area contributed by atoms with E-state index in [4.69, 9.17) is 19.0 Å². The molecule has 0 aliphatic heterocycles. The number of ether oxygens (including phenoxy) is 3.